The number of ether oxygens (including phenoxy) is 1. The van der Waals surface area contributed by atoms with E-state index in [1.54, 1.807) is 17.1 Å². The topological polar surface area (TPSA) is 98.6 Å². The lowest BCUT2D eigenvalue weighted by molar-refractivity contribution is 0.0785. The molecule has 0 spiro atoms. The minimum atomic E-state index is -1.09. The monoisotopic (exact) mass is 344 g/mol. The Balaban J connectivity index is 1.75. The summed E-state index contributed by atoms with van der Waals surface area (Å²) >= 11 is 0. The normalized spacial score (nSPS) is 12.0. The number of aromatic amines is 1. The summed E-state index contributed by atoms with van der Waals surface area (Å²) in [7, 11) is -1.09. The first-order valence-electron chi connectivity index (χ1n) is 7.74. The number of H-pyrrole nitrogens is 1. The molecule has 0 saturated heterocycles. The van der Waals surface area contributed by atoms with Gasteiger partial charge in [-0.05, 0) is 12.1 Å². The summed E-state index contributed by atoms with van der Waals surface area (Å²) in [5.74, 6) is 0.475. The van der Waals surface area contributed by atoms with E-state index in [2.05, 4.69) is 44.7 Å². The highest BCUT2D eigenvalue weighted by molar-refractivity contribution is 6.76. The maximum atomic E-state index is 11.4. The molecule has 0 bridgehead atoms. The maximum absolute atomic E-state index is 11.4. The van der Waals surface area contributed by atoms with Gasteiger partial charge in [0.2, 0.25) is 11.4 Å². The number of hydrogen-bond acceptors (Lipinski definition) is 6. The van der Waals surface area contributed by atoms with E-state index in [1.807, 2.05) is 0 Å². The Morgan fingerprint density at radius 1 is 1.21 bits per heavy atom. The average Bonchev–Trinajstić information content (AvgIpc) is 2.98. The lowest BCUT2D eigenvalue weighted by Crippen LogP contribution is -2.22. The summed E-state index contributed by atoms with van der Waals surface area (Å²) < 4.78 is 7.30. The summed E-state index contributed by atoms with van der Waals surface area (Å²) in [6.45, 7) is 8.03. The molecule has 24 heavy (non-hydrogen) atoms. The summed E-state index contributed by atoms with van der Waals surface area (Å²) in [6.07, 6.45) is 3.00. The van der Waals surface area contributed by atoms with Crippen LogP contribution in [0.2, 0.25) is 25.7 Å². The molecule has 0 unspecified atom stereocenters. The summed E-state index contributed by atoms with van der Waals surface area (Å²) in [5.41, 5.74) is 0.841. The molecule has 9 heteroatoms. The minimum Gasteiger partial charge on any atom is -0.359 e. The molecule has 3 aromatic heterocycles. The molecule has 0 aliphatic carbocycles. The van der Waals surface area contributed by atoms with Crippen LogP contribution >= 0.6 is 0 Å². The van der Waals surface area contributed by atoms with Gasteiger partial charge in [0.1, 0.15) is 30.7 Å². The van der Waals surface area contributed by atoms with Crippen LogP contribution in [0.15, 0.2) is 29.6 Å². The molecule has 0 fully saturated rings. The lowest BCUT2D eigenvalue weighted by Gasteiger charge is -2.15. The van der Waals surface area contributed by atoms with Crippen molar-refractivity contribution in [2.75, 3.05) is 6.61 Å². The number of rotatable bonds is 6. The van der Waals surface area contributed by atoms with E-state index in [9.17, 15) is 4.79 Å². The van der Waals surface area contributed by atoms with Crippen molar-refractivity contribution in [1.29, 1.82) is 0 Å². The van der Waals surface area contributed by atoms with Crippen LogP contribution in [0.3, 0.4) is 0 Å². The van der Waals surface area contributed by atoms with E-state index in [4.69, 9.17) is 4.74 Å². The predicted octanol–water partition coefficient (Wildman–Crippen LogP) is 1.89. The van der Waals surface area contributed by atoms with Crippen LogP contribution in [0.25, 0.3) is 22.6 Å². The van der Waals surface area contributed by atoms with Crippen LogP contribution in [0.1, 0.15) is 0 Å². The van der Waals surface area contributed by atoms with Crippen molar-refractivity contribution in [3.8, 4) is 11.5 Å². The molecule has 8 nitrogen and oxygen atoms in total. The van der Waals surface area contributed by atoms with Crippen LogP contribution in [0.5, 0.6) is 0 Å². The third-order valence-corrected chi connectivity index (χ3v) is 5.20. The van der Waals surface area contributed by atoms with Gasteiger partial charge < -0.3 is 9.72 Å². The summed E-state index contributed by atoms with van der Waals surface area (Å²) in [5, 5.41) is 5.10. The van der Waals surface area contributed by atoms with E-state index in [-0.39, 0.29) is 5.56 Å². The Morgan fingerprint density at radius 2 is 2.04 bits per heavy atom. The van der Waals surface area contributed by atoms with Crippen molar-refractivity contribution >= 4 is 19.1 Å². The Labute approximate surface area is 140 Å². The quantitative estimate of drug-likeness (QED) is 0.541. The molecule has 0 atom stereocenters. The SMILES string of the molecule is C[Si](C)(C)CCOCn1cnc(-c2ncnc3[nH]c(=O)ccc23)n1. The zero-order valence-corrected chi connectivity index (χ0v) is 15.0. The zero-order valence-electron chi connectivity index (χ0n) is 14.0. The van der Waals surface area contributed by atoms with Gasteiger partial charge in [0, 0.05) is 26.1 Å². The molecule has 3 rings (SSSR count). The number of nitrogens with zero attached hydrogens (tertiary/aromatic N) is 5. The van der Waals surface area contributed by atoms with Gasteiger partial charge in [-0.25, -0.2) is 19.6 Å². The van der Waals surface area contributed by atoms with E-state index >= 15 is 0 Å². The van der Waals surface area contributed by atoms with Crippen LogP contribution < -0.4 is 5.56 Å². The first-order valence-corrected chi connectivity index (χ1v) is 11.4. The molecule has 0 aliphatic heterocycles. The van der Waals surface area contributed by atoms with Crippen molar-refractivity contribution in [3.05, 3.63) is 35.1 Å². The highest BCUT2D eigenvalue weighted by Gasteiger charge is 2.13. The smallest absolute Gasteiger partial charge is 0.249 e. The molecule has 0 aromatic carbocycles. The molecule has 1 N–H and O–H groups in total. The van der Waals surface area contributed by atoms with E-state index in [1.165, 1.54) is 12.4 Å². The Bertz CT molecular complexity index is 899. The largest absolute Gasteiger partial charge is 0.359 e. The van der Waals surface area contributed by atoms with Gasteiger partial charge >= 0.3 is 0 Å². The van der Waals surface area contributed by atoms with Crippen molar-refractivity contribution in [1.82, 2.24) is 29.7 Å². The van der Waals surface area contributed by atoms with Crippen molar-refractivity contribution in [3.63, 3.8) is 0 Å². The van der Waals surface area contributed by atoms with Crippen molar-refractivity contribution in [2.24, 2.45) is 0 Å². The second-order valence-corrected chi connectivity index (χ2v) is 12.4. The third-order valence-electron chi connectivity index (χ3n) is 3.50. The third kappa shape index (κ3) is 3.92. The van der Waals surface area contributed by atoms with E-state index in [0.29, 0.717) is 29.3 Å². The number of fused-ring (bicyclic) bond motifs is 1. The Kier molecular flexibility index (Phi) is 4.54. The second kappa shape index (κ2) is 6.61. The summed E-state index contributed by atoms with van der Waals surface area (Å²) in [4.78, 5) is 26.7. The number of nitrogens with one attached hydrogen (secondary N) is 1. The van der Waals surface area contributed by atoms with E-state index < -0.39 is 8.07 Å². The molecular formula is C15H20N6O2Si. The molecule has 0 saturated carbocycles. The fourth-order valence-corrected chi connectivity index (χ4v) is 2.91. The highest BCUT2D eigenvalue weighted by atomic mass is 28.3. The molecule has 0 aliphatic rings. The lowest BCUT2D eigenvalue weighted by atomic mass is 10.2. The first kappa shape index (κ1) is 16.5. The van der Waals surface area contributed by atoms with Gasteiger partial charge in [0.25, 0.3) is 0 Å². The molecule has 0 amide bonds. The Morgan fingerprint density at radius 3 is 2.83 bits per heavy atom. The van der Waals surface area contributed by atoms with Gasteiger partial charge in [-0.1, -0.05) is 19.6 Å². The summed E-state index contributed by atoms with van der Waals surface area (Å²) in [6, 6.07) is 4.22. The van der Waals surface area contributed by atoms with Gasteiger partial charge in [0.15, 0.2) is 0 Å². The molecule has 3 aromatic rings. The van der Waals surface area contributed by atoms with Crippen LogP contribution in [-0.4, -0.2) is 44.4 Å². The number of pyridine rings is 1. The molecule has 126 valence electrons. The van der Waals surface area contributed by atoms with E-state index in [0.717, 1.165) is 12.7 Å². The molecule has 3 heterocycles. The van der Waals surface area contributed by atoms with Gasteiger partial charge in [-0.15, -0.1) is 5.10 Å². The van der Waals surface area contributed by atoms with Crippen LogP contribution in [-0.2, 0) is 11.5 Å². The standard InChI is InChI=1S/C15H20N6O2Si/c1-24(2,3)7-6-23-10-21-9-18-15(20-21)13-11-4-5-12(22)19-14(11)17-8-16-13/h4-5,8-9H,6-7,10H2,1-3H3,(H,16,17,19,22). The molecular weight excluding hydrogens is 324 g/mol. The number of hydrogen-bond donors (Lipinski definition) is 1. The fraction of sp³-hybridized carbons (Fsp3) is 0.400. The minimum absolute atomic E-state index is 0.207. The van der Waals surface area contributed by atoms with Crippen molar-refractivity contribution in [2.45, 2.75) is 32.4 Å². The van der Waals surface area contributed by atoms with Crippen LogP contribution in [0, 0.1) is 0 Å². The van der Waals surface area contributed by atoms with Gasteiger partial charge in [0.05, 0.1) is 0 Å². The Hall–Kier alpha value is -2.39. The fourth-order valence-electron chi connectivity index (χ4n) is 2.15. The second-order valence-electron chi connectivity index (χ2n) is 6.76. The van der Waals surface area contributed by atoms with Gasteiger partial charge in [-0.2, -0.15) is 0 Å². The number of aromatic nitrogens is 6. The maximum Gasteiger partial charge on any atom is 0.249 e. The predicted molar refractivity (Wildman–Crippen MR) is 93.3 cm³/mol. The average molecular weight is 344 g/mol. The van der Waals surface area contributed by atoms with Crippen molar-refractivity contribution < 1.29 is 4.74 Å². The zero-order chi connectivity index (χ0) is 17.2. The van der Waals surface area contributed by atoms with Crippen LogP contribution in [0.4, 0.5) is 0 Å². The molecule has 0 radical (unpaired) electrons. The first-order chi connectivity index (χ1) is 11.4. The highest BCUT2D eigenvalue weighted by Crippen LogP contribution is 2.19. The van der Waals surface area contributed by atoms with Gasteiger partial charge in [-0.3, -0.25) is 4.79 Å².